The van der Waals surface area contributed by atoms with Crippen LogP contribution in [0, 0.1) is 11.8 Å². The highest BCUT2D eigenvalue weighted by Crippen LogP contribution is 1.79. The van der Waals surface area contributed by atoms with E-state index in [9.17, 15) is 4.79 Å². The van der Waals surface area contributed by atoms with Crippen molar-refractivity contribution in [2.45, 2.75) is 6.92 Å². The molecule has 0 saturated heterocycles. The van der Waals surface area contributed by atoms with E-state index >= 15 is 0 Å². The SMILES string of the molecule is CCOC(=O)/C=C/C#CCCl. The second kappa shape index (κ2) is 7.17. The highest BCUT2D eigenvalue weighted by molar-refractivity contribution is 6.19. The summed E-state index contributed by atoms with van der Waals surface area (Å²) in [5.74, 6) is 5.02. The molecule has 2 nitrogen and oxygen atoms in total. The molecule has 0 bridgehead atoms. The second-order valence-electron chi connectivity index (χ2n) is 1.54. The summed E-state index contributed by atoms with van der Waals surface area (Å²) in [4.78, 5) is 10.6. The summed E-state index contributed by atoms with van der Waals surface area (Å²) < 4.78 is 4.60. The molecule has 60 valence electrons. The molecule has 0 atom stereocenters. The molecule has 0 fully saturated rings. The van der Waals surface area contributed by atoms with Gasteiger partial charge in [0, 0.05) is 6.08 Å². The predicted octanol–water partition coefficient (Wildman–Crippen LogP) is 1.35. The van der Waals surface area contributed by atoms with E-state index < -0.39 is 0 Å². The van der Waals surface area contributed by atoms with Gasteiger partial charge in [-0.2, -0.15) is 0 Å². The van der Waals surface area contributed by atoms with Gasteiger partial charge < -0.3 is 4.74 Å². The number of halogens is 1. The topological polar surface area (TPSA) is 26.3 Å². The quantitative estimate of drug-likeness (QED) is 0.272. The van der Waals surface area contributed by atoms with Crippen molar-refractivity contribution >= 4 is 17.6 Å². The first kappa shape index (κ1) is 10.1. The van der Waals surface area contributed by atoms with Crippen LogP contribution in [0.15, 0.2) is 12.2 Å². The first-order valence-corrected chi connectivity index (χ1v) is 3.72. The fourth-order valence-corrected chi connectivity index (χ4v) is 0.475. The zero-order valence-electron chi connectivity index (χ0n) is 6.26. The highest BCUT2D eigenvalue weighted by atomic mass is 35.5. The van der Waals surface area contributed by atoms with Crippen molar-refractivity contribution in [1.29, 1.82) is 0 Å². The third-order valence-electron chi connectivity index (χ3n) is 0.758. The van der Waals surface area contributed by atoms with E-state index in [1.807, 2.05) is 0 Å². The molecular formula is C8H9ClO2. The van der Waals surface area contributed by atoms with Crippen molar-refractivity contribution in [2.75, 3.05) is 12.5 Å². The zero-order chi connectivity index (χ0) is 8.53. The molecular weight excluding hydrogens is 164 g/mol. The Hall–Kier alpha value is -0.940. The molecule has 0 radical (unpaired) electrons. The Morgan fingerprint density at radius 2 is 2.45 bits per heavy atom. The van der Waals surface area contributed by atoms with Crippen LogP contribution in [0.5, 0.6) is 0 Å². The lowest BCUT2D eigenvalue weighted by molar-refractivity contribution is -0.137. The maximum absolute atomic E-state index is 10.6. The van der Waals surface area contributed by atoms with Crippen LogP contribution in [-0.4, -0.2) is 18.5 Å². The van der Waals surface area contributed by atoms with Gasteiger partial charge in [0.1, 0.15) is 0 Å². The minimum absolute atomic E-state index is 0.271. The molecule has 0 rings (SSSR count). The van der Waals surface area contributed by atoms with E-state index in [2.05, 4.69) is 16.6 Å². The summed E-state index contributed by atoms with van der Waals surface area (Å²) in [7, 11) is 0. The maximum Gasteiger partial charge on any atom is 0.331 e. The summed E-state index contributed by atoms with van der Waals surface area (Å²) in [5.41, 5.74) is 0. The number of carbonyl (C=O) groups excluding carboxylic acids is 1. The fraction of sp³-hybridized carbons (Fsp3) is 0.375. The smallest absolute Gasteiger partial charge is 0.331 e. The van der Waals surface area contributed by atoms with Crippen molar-refractivity contribution in [3.8, 4) is 11.8 Å². The number of hydrogen-bond donors (Lipinski definition) is 0. The number of carbonyl (C=O) groups is 1. The van der Waals surface area contributed by atoms with Crippen LogP contribution in [0.4, 0.5) is 0 Å². The van der Waals surface area contributed by atoms with Gasteiger partial charge in [0.05, 0.1) is 12.5 Å². The molecule has 0 aromatic rings. The number of ether oxygens (including phenoxy) is 1. The summed E-state index contributed by atoms with van der Waals surface area (Å²) >= 11 is 5.25. The van der Waals surface area contributed by atoms with E-state index in [0.717, 1.165) is 0 Å². The number of allylic oxidation sites excluding steroid dienone is 1. The third-order valence-corrected chi connectivity index (χ3v) is 0.892. The molecule has 3 heteroatoms. The Labute approximate surface area is 71.2 Å². The second-order valence-corrected chi connectivity index (χ2v) is 1.81. The molecule has 0 aromatic carbocycles. The van der Waals surface area contributed by atoms with Crippen molar-refractivity contribution in [3.05, 3.63) is 12.2 Å². The van der Waals surface area contributed by atoms with Crippen LogP contribution >= 0.6 is 11.6 Å². The van der Waals surface area contributed by atoms with Gasteiger partial charge in [0.2, 0.25) is 0 Å². The molecule has 0 unspecified atom stereocenters. The normalized spacial score (nSPS) is 8.91. The van der Waals surface area contributed by atoms with Gasteiger partial charge in [-0.1, -0.05) is 11.8 Å². The fourth-order valence-electron chi connectivity index (χ4n) is 0.398. The molecule has 0 N–H and O–H groups in total. The molecule has 0 aliphatic carbocycles. The Morgan fingerprint density at radius 3 is 3.00 bits per heavy atom. The van der Waals surface area contributed by atoms with E-state index in [0.29, 0.717) is 6.61 Å². The van der Waals surface area contributed by atoms with Crippen LogP contribution < -0.4 is 0 Å². The summed E-state index contributed by atoms with van der Waals surface area (Å²) in [6, 6.07) is 0. The number of rotatable bonds is 2. The molecule has 11 heavy (non-hydrogen) atoms. The van der Waals surface area contributed by atoms with E-state index in [4.69, 9.17) is 11.6 Å². The van der Waals surface area contributed by atoms with Crippen LogP contribution in [0.3, 0.4) is 0 Å². The molecule has 0 aromatic heterocycles. The first-order valence-electron chi connectivity index (χ1n) is 3.19. The van der Waals surface area contributed by atoms with Crippen molar-refractivity contribution in [3.63, 3.8) is 0 Å². The van der Waals surface area contributed by atoms with Gasteiger partial charge in [-0.15, -0.1) is 11.6 Å². The molecule has 0 aliphatic rings. The first-order chi connectivity index (χ1) is 5.31. The van der Waals surface area contributed by atoms with Gasteiger partial charge in [0.25, 0.3) is 0 Å². The Morgan fingerprint density at radius 1 is 1.73 bits per heavy atom. The van der Waals surface area contributed by atoms with Crippen LogP contribution in [-0.2, 0) is 9.53 Å². The Bertz CT molecular complexity index is 198. The van der Waals surface area contributed by atoms with Gasteiger partial charge in [-0.05, 0) is 13.0 Å². The average molecular weight is 173 g/mol. The van der Waals surface area contributed by atoms with E-state index in [1.54, 1.807) is 6.92 Å². The van der Waals surface area contributed by atoms with E-state index in [-0.39, 0.29) is 11.8 Å². The van der Waals surface area contributed by atoms with Gasteiger partial charge in [0.15, 0.2) is 0 Å². The van der Waals surface area contributed by atoms with E-state index in [1.165, 1.54) is 12.2 Å². The minimum atomic E-state index is -0.378. The molecule has 0 saturated carbocycles. The average Bonchev–Trinajstić information content (AvgIpc) is 1.99. The van der Waals surface area contributed by atoms with Crippen LogP contribution in [0.25, 0.3) is 0 Å². The van der Waals surface area contributed by atoms with Gasteiger partial charge >= 0.3 is 5.97 Å². The maximum atomic E-state index is 10.6. The lowest BCUT2D eigenvalue weighted by atomic mass is 10.5. The molecule has 0 spiro atoms. The summed E-state index contributed by atoms with van der Waals surface area (Å²) in [5, 5.41) is 0. The number of alkyl halides is 1. The highest BCUT2D eigenvalue weighted by Gasteiger charge is 1.89. The Balaban J connectivity index is 3.65. The van der Waals surface area contributed by atoms with Crippen LogP contribution in [0.1, 0.15) is 6.92 Å². The minimum Gasteiger partial charge on any atom is -0.463 e. The molecule has 0 aliphatic heterocycles. The van der Waals surface area contributed by atoms with Crippen molar-refractivity contribution in [2.24, 2.45) is 0 Å². The van der Waals surface area contributed by atoms with Crippen LogP contribution in [0.2, 0.25) is 0 Å². The zero-order valence-corrected chi connectivity index (χ0v) is 7.02. The number of esters is 1. The van der Waals surface area contributed by atoms with Gasteiger partial charge in [-0.25, -0.2) is 4.79 Å². The lowest BCUT2D eigenvalue weighted by Gasteiger charge is -1.91. The summed E-state index contributed by atoms with van der Waals surface area (Å²) in [6.07, 6.45) is 2.68. The molecule has 0 amide bonds. The van der Waals surface area contributed by atoms with Crippen molar-refractivity contribution < 1.29 is 9.53 Å². The monoisotopic (exact) mass is 172 g/mol. The van der Waals surface area contributed by atoms with Crippen molar-refractivity contribution in [1.82, 2.24) is 0 Å². The predicted molar refractivity (Wildman–Crippen MR) is 44.3 cm³/mol. The largest absolute Gasteiger partial charge is 0.463 e. The lowest BCUT2D eigenvalue weighted by Crippen LogP contribution is -1.98. The number of hydrogen-bond acceptors (Lipinski definition) is 2. The Kier molecular flexibility index (Phi) is 6.56. The molecule has 0 heterocycles. The van der Waals surface area contributed by atoms with Gasteiger partial charge in [-0.3, -0.25) is 0 Å². The standard InChI is InChI=1S/C8H9ClO2/c1-2-11-8(10)6-4-3-5-7-9/h4,6H,2,7H2,1H3/b6-4+. The summed E-state index contributed by atoms with van der Waals surface area (Å²) in [6.45, 7) is 2.13. The third kappa shape index (κ3) is 6.95.